The molecule has 0 unspecified atom stereocenters. The third kappa shape index (κ3) is 2.13. The van der Waals surface area contributed by atoms with Crippen LogP contribution in [0.4, 0.5) is 11.5 Å². The number of anilines is 2. The van der Waals surface area contributed by atoms with Gasteiger partial charge in [-0.1, -0.05) is 11.6 Å². The maximum Gasteiger partial charge on any atom is 0.157 e. The summed E-state index contributed by atoms with van der Waals surface area (Å²) in [6.07, 6.45) is 1.61. The zero-order valence-corrected chi connectivity index (χ0v) is 9.24. The summed E-state index contributed by atoms with van der Waals surface area (Å²) < 4.78 is 5.44. The Bertz CT molecular complexity index is 360. The van der Waals surface area contributed by atoms with Crippen molar-refractivity contribution in [1.29, 1.82) is 0 Å². The molecule has 6 heteroatoms. The molecule has 0 saturated carbocycles. The molecular formula is C9H13ClN4O. The predicted octanol–water partition coefficient (Wildman–Crippen LogP) is 0.937. The first-order valence-electron chi connectivity index (χ1n) is 4.81. The van der Waals surface area contributed by atoms with Gasteiger partial charge >= 0.3 is 0 Å². The Morgan fingerprint density at radius 2 is 2.40 bits per heavy atom. The first-order valence-corrected chi connectivity index (χ1v) is 5.19. The zero-order chi connectivity index (χ0) is 10.8. The molecule has 0 aliphatic carbocycles. The number of aromatic nitrogens is 2. The van der Waals surface area contributed by atoms with E-state index in [-0.39, 0.29) is 6.10 Å². The Morgan fingerprint density at radius 1 is 1.60 bits per heavy atom. The highest BCUT2D eigenvalue weighted by molar-refractivity contribution is 6.32. The van der Waals surface area contributed by atoms with Gasteiger partial charge in [-0.05, 0) is 6.92 Å². The molecule has 0 radical (unpaired) electrons. The summed E-state index contributed by atoms with van der Waals surface area (Å²) >= 11 is 5.84. The molecule has 5 nitrogen and oxygen atoms in total. The Labute approximate surface area is 93.2 Å². The van der Waals surface area contributed by atoms with Crippen LogP contribution in [0.1, 0.15) is 6.92 Å². The molecule has 0 amide bonds. The second kappa shape index (κ2) is 4.20. The summed E-state index contributed by atoms with van der Waals surface area (Å²) in [5, 5.41) is 0.305. The van der Waals surface area contributed by atoms with Crippen molar-refractivity contribution in [3.05, 3.63) is 11.5 Å². The lowest BCUT2D eigenvalue weighted by Crippen LogP contribution is -2.41. The molecule has 1 saturated heterocycles. The molecular weight excluding hydrogens is 216 g/mol. The van der Waals surface area contributed by atoms with Gasteiger partial charge in [0.25, 0.3) is 0 Å². The number of hydrogen-bond donors (Lipinski definition) is 1. The highest BCUT2D eigenvalue weighted by Crippen LogP contribution is 2.26. The number of ether oxygens (including phenoxy) is 1. The number of hydrogen-bond acceptors (Lipinski definition) is 5. The molecule has 82 valence electrons. The van der Waals surface area contributed by atoms with Crippen LogP contribution in [0.3, 0.4) is 0 Å². The maximum absolute atomic E-state index is 5.84. The minimum atomic E-state index is 0.187. The molecule has 1 atom stereocenters. The van der Waals surface area contributed by atoms with E-state index in [0.29, 0.717) is 23.3 Å². The van der Waals surface area contributed by atoms with Crippen molar-refractivity contribution in [3.8, 4) is 0 Å². The average molecular weight is 229 g/mol. The van der Waals surface area contributed by atoms with E-state index >= 15 is 0 Å². The molecule has 1 aromatic heterocycles. The Hall–Kier alpha value is -1.07. The molecule has 0 aromatic carbocycles. The standard InChI is InChI=1S/C9H13ClN4O/c1-6-4-14(2-3-15-6)9-7(11)8(10)12-5-13-9/h5-6H,2-4,11H2,1H3/t6-/m0/s1. The van der Waals surface area contributed by atoms with Crippen LogP contribution in [-0.2, 0) is 4.74 Å². The van der Waals surface area contributed by atoms with Gasteiger partial charge in [0.15, 0.2) is 11.0 Å². The summed E-state index contributed by atoms with van der Waals surface area (Å²) in [6, 6.07) is 0. The molecule has 1 aliphatic heterocycles. The smallest absolute Gasteiger partial charge is 0.157 e. The van der Waals surface area contributed by atoms with Gasteiger partial charge in [-0.2, -0.15) is 0 Å². The lowest BCUT2D eigenvalue weighted by atomic mass is 10.3. The Morgan fingerprint density at radius 3 is 3.13 bits per heavy atom. The first kappa shape index (κ1) is 10.4. The first-order chi connectivity index (χ1) is 7.18. The molecule has 2 N–H and O–H groups in total. The van der Waals surface area contributed by atoms with E-state index in [0.717, 1.165) is 13.1 Å². The van der Waals surface area contributed by atoms with E-state index in [2.05, 4.69) is 14.9 Å². The lowest BCUT2D eigenvalue weighted by Gasteiger charge is -2.32. The molecule has 1 fully saturated rings. The topological polar surface area (TPSA) is 64.3 Å². The summed E-state index contributed by atoms with van der Waals surface area (Å²) in [4.78, 5) is 10.0. The van der Waals surface area contributed by atoms with E-state index in [4.69, 9.17) is 22.1 Å². The van der Waals surface area contributed by atoms with Gasteiger partial charge < -0.3 is 15.4 Å². The van der Waals surface area contributed by atoms with Gasteiger partial charge in [0.1, 0.15) is 12.0 Å². The van der Waals surface area contributed by atoms with Crippen molar-refractivity contribution in [2.45, 2.75) is 13.0 Å². The molecule has 1 aliphatic rings. The maximum atomic E-state index is 5.84. The highest BCUT2D eigenvalue weighted by atomic mass is 35.5. The predicted molar refractivity (Wildman–Crippen MR) is 59.1 cm³/mol. The molecule has 1 aromatic rings. The van der Waals surface area contributed by atoms with Crippen LogP contribution in [-0.4, -0.2) is 35.8 Å². The van der Waals surface area contributed by atoms with Gasteiger partial charge in [-0.25, -0.2) is 9.97 Å². The third-order valence-electron chi connectivity index (χ3n) is 2.35. The third-order valence-corrected chi connectivity index (χ3v) is 2.66. The summed E-state index contributed by atoms with van der Waals surface area (Å²) in [5.41, 5.74) is 6.26. The van der Waals surface area contributed by atoms with Gasteiger partial charge in [-0.3, -0.25) is 0 Å². The fourth-order valence-corrected chi connectivity index (χ4v) is 1.76. The van der Waals surface area contributed by atoms with Crippen LogP contribution in [0, 0.1) is 0 Å². The molecule has 2 rings (SSSR count). The molecule has 0 bridgehead atoms. The summed E-state index contributed by atoms with van der Waals surface area (Å²) in [6.45, 7) is 4.26. The van der Waals surface area contributed by atoms with Gasteiger partial charge in [0.05, 0.1) is 12.7 Å². The lowest BCUT2D eigenvalue weighted by molar-refractivity contribution is 0.0530. The van der Waals surface area contributed by atoms with Crippen molar-refractivity contribution in [2.75, 3.05) is 30.3 Å². The second-order valence-electron chi connectivity index (χ2n) is 3.53. The minimum Gasteiger partial charge on any atom is -0.393 e. The van der Waals surface area contributed by atoms with Crippen molar-refractivity contribution < 1.29 is 4.74 Å². The fraction of sp³-hybridized carbons (Fsp3) is 0.556. The zero-order valence-electron chi connectivity index (χ0n) is 8.48. The number of rotatable bonds is 1. The molecule has 2 heterocycles. The van der Waals surface area contributed by atoms with Crippen LogP contribution in [0.15, 0.2) is 6.33 Å². The Kier molecular flexibility index (Phi) is 2.93. The average Bonchev–Trinajstić information content (AvgIpc) is 2.22. The van der Waals surface area contributed by atoms with Crippen molar-refractivity contribution in [3.63, 3.8) is 0 Å². The van der Waals surface area contributed by atoms with Crippen LogP contribution >= 0.6 is 11.6 Å². The molecule has 0 spiro atoms. The van der Waals surface area contributed by atoms with Crippen molar-refractivity contribution in [2.24, 2.45) is 0 Å². The van der Waals surface area contributed by atoms with Gasteiger partial charge in [-0.15, -0.1) is 0 Å². The van der Waals surface area contributed by atoms with Crippen molar-refractivity contribution >= 4 is 23.1 Å². The van der Waals surface area contributed by atoms with E-state index in [1.807, 2.05) is 6.92 Å². The van der Waals surface area contributed by atoms with E-state index < -0.39 is 0 Å². The number of nitrogens with zero attached hydrogens (tertiary/aromatic N) is 3. The monoisotopic (exact) mass is 228 g/mol. The van der Waals surface area contributed by atoms with E-state index in [1.54, 1.807) is 0 Å². The van der Waals surface area contributed by atoms with Crippen LogP contribution in [0.2, 0.25) is 5.15 Å². The normalized spacial score (nSPS) is 21.7. The van der Waals surface area contributed by atoms with Crippen LogP contribution in [0.25, 0.3) is 0 Å². The number of halogens is 1. The fourth-order valence-electron chi connectivity index (χ4n) is 1.63. The summed E-state index contributed by atoms with van der Waals surface area (Å²) in [5.74, 6) is 0.699. The molecule has 15 heavy (non-hydrogen) atoms. The SMILES string of the molecule is C[C@H]1CN(c2ncnc(Cl)c2N)CCO1. The quantitative estimate of drug-likeness (QED) is 0.725. The van der Waals surface area contributed by atoms with Crippen LogP contribution < -0.4 is 10.6 Å². The largest absolute Gasteiger partial charge is 0.393 e. The number of nitrogens with two attached hydrogens (primary N) is 1. The van der Waals surface area contributed by atoms with Crippen molar-refractivity contribution in [1.82, 2.24) is 9.97 Å². The number of nitrogen functional groups attached to an aromatic ring is 1. The van der Waals surface area contributed by atoms with E-state index in [1.165, 1.54) is 6.33 Å². The van der Waals surface area contributed by atoms with Gasteiger partial charge in [0.2, 0.25) is 0 Å². The second-order valence-corrected chi connectivity index (χ2v) is 3.89. The highest BCUT2D eigenvalue weighted by Gasteiger charge is 2.20. The van der Waals surface area contributed by atoms with Gasteiger partial charge in [0, 0.05) is 13.1 Å². The number of morpholine rings is 1. The summed E-state index contributed by atoms with van der Waals surface area (Å²) in [7, 11) is 0. The van der Waals surface area contributed by atoms with E-state index in [9.17, 15) is 0 Å². The Balaban J connectivity index is 2.24. The minimum absolute atomic E-state index is 0.187. The van der Waals surface area contributed by atoms with Crippen LogP contribution in [0.5, 0.6) is 0 Å².